The van der Waals surface area contributed by atoms with Crippen molar-refractivity contribution in [3.63, 3.8) is 0 Å². The summed E-state index contributed by atoms with van der Waals surface area (Å²) in [6, 6.07) is 2.07. The third kappa shape index (κ3) is 1.58. The highest BCUT2D eigenvalue weighted by atomic mass is 15.1. The van der Waals surface area contributed by atoms with Gasteiger partial charge in [0.05, 0.1) is 0 Å². The highest BCUT2D eigenvalue weighted by Gasteiger charge is 2.17. The zero-order valence-electron chi connectivity index (χ0n) is 9.30. The lowest BCUT2D eigenvalue weighted by molar-refractivity contribution is 0.655. The summed E-state index contributed by atoms with van der Waals surface area (Å²) in [6.45, 7) is 0. The van der Waals surface area contributed by atoms with Crippen molar-refractivity contribution in [3.8, 4) is 11.9 Å². The zero-order chi connectivity index (χ0) is 11.7. The topological polar surface area (TPSA) is 67.4 Å². The second kappa shape index (κ2) is 3.98. The molecule has 0 saturated carbocycles. The molecule has 3 rings (SSSR count). The molecule has 0 N–H and O–H groups in total. The Morgan fingerprint density at radius 3 is 2.94 bits per heavy atom. The van der Waals surface area contributed by atoms with E-state index in [-0.39, 0.29) is 0 Å². The van der Waals surface area contributed by atoms with Crippen LogP contribution in [-0.2, 0) is 12.8 Å². The first-order valence-electron chi connectivity index (χ1n) is 5.66. The van der Waals surface area contributed by atoms with Gasteiger partial charge in [0.2, 0.25) is 5.82 Å². The van der Waals surface area contributed by atoms with Crippen LogP contribution in [0.2, 0.25) is 0 Å². The fourth-order valence-electron chi connectivity index (χ4n) is 2.27. The van der Waals surface area contributed by atoms with E-state index in [0.29, 0.717) is 5.82 Å². The number of aromatic nitrogens is 4. The van der Waals surface area contributed by atoms with Crippen LogP contribution in [0.5, 0.6) is 0 Å². The molecule has 0 bridgehead atoms. The van der Waals surface area contributed by atoms with Crippen molar-refractivity contribution >= 4 is 0 Å². The van der Waals surface area contributed by atoms with E-state index in [9.17, 15) is 0 Å². The third-order valence-electron chi connectivity index (χ3n) is 3.07. The molecule has 5 nitrogen and oxygen atoms in total. The molecule has 0 aliphatic heterocycles. The summed E-state index contributed by atoms with van der Waals surface area (Å²) in [5, 5.41) is 9.00. The van der Waals surface area contributed by atoms with Crippen molar-refractivity contribution in [1.82, 2.24) is 19.5 Å². The van der Waals surface area contributed by atoms with Gasteiger partial charge in [0, 0.05) is 23.7 Å². The van der Waals surface area contributed by atoms with Gasteiger partial charge in [-0.1, -0.05) is 0 Å². The highest BCUT2D eigenvalue weighted by Crippen LogP contribution is 2.24. The zero-order valence-corrected chi connectivity index (χ0v) is 9.30. The second-order valence-electron chi connectivity index (χ2n) is 4.06. The number of nitrogens with zero attached hydrogens (tertiary/aromatic N) is 5. The molecule has 2 aromatic rings. The van der Waals surface area contributed by atoms with Gasteiger partial charge in [-0.25, -0.2) is 15.0 Å². The van der Waals surface area contributed by atoms with Crippen LogP contribution in [0.25, 0.3) is 5.82 Å². The van der Waals surface area contributed by atoms with Crippen molar-refractivity contribution < 1.29 is 0 Å². The second-order valence-corrected chi connectivity index (χ2v) is 4.06. The van der Waals surface area contributed by atoms with Crippen molar-refractivity contribution in [1.29, 1.82) is 5.26 Å². The largest absolute Gasteiger partial charge is 0.275 e. The third-order valence-corrected chi connectivity index (χ3v) is 3.07. The van der Waals surface area contributed by atoms with Crippen LogP contribution in [-0.4, -0.2) is 19.5 Å². The lowest BCUT2D eigenvalue weighted by atomic mass is 9.96. The van der Waals surface area contributed by atoms with Crippen molar-refractivity contribution in [3.05, 3.63) is 35.8 Å². The van der Waals surface area contributed by atoms with Gasteiger partial charge in [0.1, 0.15) is 18.2 Å². The molecule has 0 saturated heterocycles. The minimum atomic E-state index is 0.372. The SMILES string of the molecule is N#Cc1nccn1-c1ncnc2c1CCCC2. The van der Waals surface area contributed by atoms with E-state index < -0.39 is 0 Å². The summed E-state index contributed by atoms with van der Waals surface area (Å²) >= 11 is 0. The van der Waals surface area contributed by atoms with Crippen molar-refractivity contribution in [2.75, 3.05) is 0 Å². The van der Waals surface area contributed by atoms with E-state index in [1.807, 2.05) is 0 Å². The predicted molar refractivity (Wildman–Crippen MR) is 60.5 cm³/mol. The van der Waals surface area contributed by atoms with Gasteiger partial charge in [0.15, 0.2) is 0 Å². The number of nitriles is 1. The Kier molecular flexibility index (Phi) is 2.33. The molecule has 5 heteroatoms. The molecule has 17 heavy (non-hydrogen) atoms. The van der Waals surface area contributed by atoms with Gasteiger partial charge >= 0.3 is 0 Å². The molecule has 1 aliphatic carbocycles. The molecule has 84 valence electrons. The lowest BCUT2D eigenvalue weighted by Crippen LogP contribution is -2.12. The van der Waals surface area contributed by atoms with Gasteiger partial charge in [-0.3, -0.25) is 4.57 Å². The van der Waals surface area contributed by atoms with E-state index >= 15 is 0 Å². The Bertz CT molecular complexity index is 593. The first-order chi connectivity index (χ1) is 8.40. The fourth-order valence-corrected chi connectivity index (χ4v) is 2.27. The summed E-state index contributed by atoms with van der Waals surface area (Å²) in [5.74, 6) is 1.18. The Hall–Kier alpha value is -2.22. The quantitative estimate of drug-likeness (QED) is 0.736. The molecular weight excluding hydrogens is 214 g/mol. The van der Waals surface area contributed by atoms with E-state index in [2.05, 4.69) is 21.0 Å². The van der Waals surface area contributed by atoms with Crippen LogP contribution in [0, 0.1) is 11.3 Å². The van der Waals surface area contributed by atoms with Crippen LogP contribution in [0.1, 0.15) is 29.9 Å². The van der Waals surface area contributed by atoms with Crippen LogP contribution in [0.3, 0.4) is 0 Å². The number of hydrogen-bond donors (Lipinski definition) is 0. The normalized spacial score (nSPS) is 14.1. The van der Waals surface area contributed by atoms with Gasteiger partial charge in [-0.05, 0) is 25.7 Å². The molecule has 0 fully saturated rings. The molecule has 0 unspecified atom stereocenters. The van der Waals surface area contributed by atoms with E-state index in [1.165, 1.54) is 6.42 Å². The van der Waals surface area contributed by atoms with Crippen LogP contribution in [0.15, 0.2) is 18.7 Å². The summed E-state index contributed by atoms with van der Waals surface area (Å²) in [5.41, 5.74) is 2.27. The number of hydrogen-bond acceptors (Lipinski definition) is 4. The maximum Gasteiger partial charge on any atom is 0.218 e. The standard InChI is InChI=1S/C12H11N5/c13-7-11-14-5-6-17(11)12-9-3-1-2-4-10(9)15-8-16-12/h5-6,8H,1-4H2. The number of fused-ring (bicyclic) bond motifs is 1. The number of aryl methyl sites for hydroxylation is 1. The van der Waals surface area contributed by atoms with E-state index in [0.717, 1.165) is 36.3 Å². The van der Waals surface area contributed by atoms with E-state index in [1.54, 1.807) is 23.3 Å². The molecule has 2 heterocycles. The van der Waals surface area contributed by atoms with Gasteiger partial charge in [-0.15, -0.1) is 0 Å². The van der Waals surface area contributed by atoms with E-state index in [4.69, 9.17) is 5.26 Å². The van der Waals surface area contributed by atoms with Crippen LogP contribution < -0.4 is 0 Å². The first kappa shape index (κ1) is 9.97. The van der Waals surface area contributed by atoms with Crippen LogP contribution >= 0.6 is 0 Å². The summed E-state index contributed by atoms with van der Waals surface area (Å²) in [6.07, 6.45) is 9.28. The Morgan fingerprint density at radius 1 is 1.18 bits per heavy atom. The maximum atomic E-state index is 9.00. The first-order valence-corrected chi connectivity index (χ1v) is 5.66. The van der Waals surface area contributed by atoms with Gasteiger partial charge in [0.25, 0.3) is 0 Å². The molecule has 1 aliphatic rings. The van der Waals surface area contributed by atoms with Gasteiger partial charge < -0.3 is 0 Å². The maximum absolute atomic E-state index is 9.00. The molecule has 0 spiro atoms. The molecule has 0 radical (unpaired) electrons. The number of imidazole rings is 1. The van der Waals surface area contributed by atoms with Crippen LogP contribution in [0.4, 0.5) is 0 Å². The minimum absolute atomic E-state index is 0.372. The highest BCUT2D eigenvalue weighted by molar-refractivity contribution is 5.40. The molecule has 0 atom stereocenters. The Balaban J connectivity index is 2.19. The van der Waals surface area contributed by atoms with Crippen molar-refractivity contribution in [2.45, 2.75) is 25.7 Å². The smallest absolute Gasteiger partial charge is 0.218 e. The lowest BCUT2D eigenvalue weighted by Gasteiger charge is -2.17. The Labute approximate surface area is 98.8 Å². The Morgan fingerprint density at radius 2 is 2.06 bits per heavy atom. The predicted octanol–water partition coefficient (Wildman–Crippen LogP) is 1.41. The molecular formula is C12H11N5. The summed E-state index contributed by atoms with van der Waals surface area (Å²) in [4.78, 5) is 12.6. The average molecular weight is 225 g/mol. The summed E-state index contributed by atoms with van der Waals surface area (Å²) in [7, 11) is 0. The molecule has 2 aromatic heterocycles. The molecule has 0 aromatic carbocycles. The number of rotatable bonds is 1. The average Bonchev–Trinajstić information content (AvgIpc) is 2.86. The van der Waals surface area contributed by atoms with Gasteiger partial charge in [-0.2, -0.15) is 5.26 Å². The molecule has 0 amide bonds. The summed E-state index contributed by atoms with van der Waals surface area (Å²) < 4.78 is 1.74. The van der Waals surface area contributed by atoms with Crippen molar-refractivity contribution in [2.24, 2.45) is 0 Å². The monoisotopic (exact) mass is 225 g/mol. The fraction of sp³-hybridized carbons (Fsp3) is 0.333. The minimum Gasteiger partial charge on any atom is -0.275 e.